The predicted molar refractivity (Wildman–Crippen MR) is 75.3 cm³/mol. The number of sulfonamides is 1. The van der Waals surface area contributed by atoms with E-state index >= 15 is 0 Å². The van der Waals surface area contributed by atoms with Gasteiger partial charge in [0.1, 0.15) is 5.82 Å². The second kappa shape index (κ2) is 6.64. The zero-order chi connectivity index (χ0) is 15.5. The van der Waals surface area contributed by atoms with Gasteiger partial charge in [0.05, 0.1) is 10.8 Å². The third-order valence-electron chi connectivity index (χ3n) is 2.76. The molecule has 112 valence electrons. The Hall–Kier alpha value is -0.990. The zero-order valence-corrected chi connectivity index (χ0v) is 13.4. The monoisotopic (exact) mass is 367 g/mol. The molecule has 0 aliphatic carbocycles. The number of halogens is 2. The van der Waals surface area contributed by atoms with Crippen LogP contribution in [-0.2, 0) is 14.8 Å². The van der Waals surface area contributed by atoms with E-state index in [4.69, 9.17) is 5.11 Å². The Morgan fingerprint density at radius 3 is 2.55 bits per heavy atom. The summed E-state index contributed by atoms with van der Waals surface area (Å²) in [5.41, 5.74) is 0. The average Bonchev–Trinajstić information content (AvgIpc) is 2.34. The molecule has 1 N–H and O–H groups in total. The number of rotatable bonds is 6. The zero-order valence-electron chi connectivity index (χ0n) is 11.0. The molecule has 0 radical (unpaired) electrons. The van der Waals surface area contributed by atoms with Crippen LogP contribution in [0.15, 0.2) is 27.6 Å². The summed E-state index contributed by atoms with van der Waals surface area (Å²) in [7, 11) is -3.87. The molecule has 8 heteroatoms. The van der Waals surface area contributed by atoms with E-state index in [1.165, 1.54) is 6.92 Å². The number of hydrogen-bond donors (Lipinski definition) is 1. The van der Waals surface area contributed by atoms with Gasteiger partial charge in [-0.2, -0.15) is 4.31 Å². The van der Waals surface area contributed by atoms with Crippen LogP contribution in [0.4, 0.5) is 4.39 Å². The second-order valence-electron chi connectivity index (χ2n) is 4.27. The van der Waals surface area contributed by atoms with Gasteiger partial charge in [-0.25, -0.2) is 12.8 Å². The SMILES string of the molecule is CCN(CC(C)C(=O)O)S(=O)(=O)c1ccc(F)cc1Br. The van der Waals surface area contributed by atoms with Crippen LogP contribution in [-0.4, -0.2) is 36.9 Å². The van der Waals surface area contributed by atoms with E-state index in [1.807, 2.05) is 0 Å². The Labute approximate surface area is 125 Å². The lowest BCUT2D eigenvalue weighted by Gasteiger charge is -2.22. The van der Waals surface area contributed by atoms with Gasteiger partial charge in [-0.05, 0) is 34.1 Å². The number of benzene rings is 1. The fourth-order valence-corrected chi connectivity index (χ4v) is 4.15. The van der Waals surface area contributed by atoms with Gasteiger partial charge in [-0.1, -0.05) is 13.8 Å². The first kappa shape index (κ1) is 17.1. The van der Waals surface area contributed by atoms with Crippen molar-refractivity contribution < 1.29 is 22.7 Å². The Morgan fingerprint density at radius 1 is 1.50 bits per heavy atom. The summed E-state index contributed by atoms with van der Waals surface area (Å²) in [6.45, 7) is 3.03. The quantitative estimate of drug-likeness (QED) is 0.836. The van der Waals surface area contributed by atoms with Crippen LogP contribution in [0.5, 0.6) is 0 Å². The lowest BCUT2D eigenvalue weighted by Crippen LogP contribution is -2.36. The highest BCUT2D eigenvalue weighted by Gasteiger charge is 2.28. The van der Waals surface area contributed by atoms with Crippen molar-refractivity contribution in [2.75, 3.05) is 13.1 Å². The molecule has 1 aromatic rings. The van der Waals surface area contributed by atoms with E-state index in [0.717, 1.165) is 22.5 Å². The maximum Gasteiger partial charge on any atom is 0.307 e. The van der Waals surface area contributed by atoms with Gasteiger partial charge < -0.3 is 5.11 Å². The van der Waals surface area contributed by atoms with Crippen molar-refractivity contribution in [1.29, 1.82) is 0 Å². The van der Waals surface area contributed by atoms with E-state index in [1.54, 1.807) is 6.92 Å². The summed E-state index contributed by atoms with van der Waals surface area (Å²) in [6, 6.07) is 3.26. The predicted octanol–water partition coefficient (Wildman–Crippen LogP) is 2.32. The molecule has 1 rings (SSSR count). The van der Waals surface area contributed by atoms with Crippen molar-refractivity contribution in [1.82, 2.24) is 4.31 Å². The minimum absolute atomic E-state index is 0.0849. The Kier molecular flexibility index (Phi) is 5.67. The van der Waals surface area contributed by atoms with Gasteiger partial charge in [0.25, 0.3) is 0 Å². The number of carboxylic acid groups (broad SMARTS) is 1. The molecule has 0 spiro atoms. The molecule has 0 bridgehead atoms. The van der Waals surface area contributed by atoms with Crippen LogP contribution in [0.3, 0.4) is 0 Å². The van der Waals surface area contributed by atoms with Gasteiger partial charge in [0, 0.05) is 17.6 Å². The van der Waals surface area contributed by atoms with Gasteiger partial charge in [-0.3, -0.25) is 4.79 Å². The van der Waals surface area contributed by atoms with Crippen LogP contribution in [0.25, 0.3) is 0 Å². The summed E-state index contributed by atoms with van der Waals surface area (Å²) in [6.07, 6.45) is 0. The van der Waals surface area contributed by atoms with Crippen LogP contribution in [0.2, 0.25) is 0 Å². The summed E-state index contributed by atoms with van der Waals surface area (Å²) >= 11 is 3.01. The first-order valence-electron chi connectivity index (χ1n) is 5.88. The maximum atomic E-state index is 13.0. The van der Waals surface area contributed by atoms with Crippen LogP contribution >= 0.6 is 15.9 Å². The number of carbonyl (C=O) groups is 1. The maximum absolute atomic E-state index is 13.0. The second-order valence-corrected chi connectivity index (χ2v) is 7.03. The van der Waals surface area contributed by atoms with Crippen molar-refractivity contribution in [3.05, 3.63) is 28.5 Å². The molecule has 0 aliphatic rings. The molecule has 1 atom stereocenters. The van der Waals surface area contributed by atoms with Crippen molar-refractivity contribution in [2.24, 2.45) is 5.92 Å². The largest absolute Gasteiger partial charge is 0.481 e. The number of aliphatic carboxylic acids is 1. The van der Waals surface area contributed by atoms with Crippen molar-refractivity contribution in [3.63, 3.8) is 0 Å². The summed E-state index contributed by atoms with van der Waals surface area (Å²) in [5.74, 6) is -2.46. The highest BCUT2D eigenvalue weighted by atomic mass is 79.9. The third kappa shape index (κ3) is 3.77. The molecule has 0 heterocycles. The standard InChI is InChI=1S/C12H15BrFNO4S/c1-3-15(7-8(2)12(16)17)20(18,19)11-5-4-9(14)6-10(11)13/h4-6,8H,3,7H2,1-2H3,(H,16,17). The number of nitrogens with zero attached hydrogens (tertiary/aromatic N) is 1. The molecule has 20 heavy (non-hydrogen) atoms. The molecule has 0 saturated heterocycles. The molecule has 0 aromatic heterocycles. The molecule has 0 amide bonds. The third-order valence-corrected chi connectivity index (χ3v) is 5.68. The van der Waals surface area contributed by atoms with Gasteiger partial charge in [0.2, 0.25) is 10.0 Å². The van der Waals surface area contributed by atoms with Crippen molar-refractivity contribution in [3.8, 4) is 0 Å². The van der Waals surface area contributed by atoms with Crippen LogP contribution in [0, 0.1) is 11.7 Å². The minimum Gasteiger partial charge on any atom is -0.481 e. The van der Waals surface area contributed by atoms with E-state index in [0.29, 0.717) is 0 Å². The lowest BCUT2D eigenvalue weighted by atomic mass is 10.2. The fourth-order valence-electron chi connectivity index (χ4n) is 1.60. The van der Waals surface area contributed by atoms with Gasteiger partial charge in [0.15, 0.2) is 0 Å². The van der Waals surface area contributed by atoms with E-state index < -0.39 is 27.7 Å². The van der Waals surface area contributed by atoms with Crippen molar-refractivity contribution >= 4 is 31.9 Å². The lowest BCUT2D eigenvalue weighted by molar-refractivity contribution is -0.141. The average molecular weight is 368 g/mol. The first-order valence-corrected chi connectivity index (χ1v) is 8.11. The highest BCUT2D eigenvalue weighted by Crippen LogP contribution is 2.26. The number of hydrogen-bond acceptors (Lipinski definition) is 3. The van der Waals surface area contributed by atoms with E-state index in [9.17, 15) is 17.6 Å². The summed E-state index contributed by atoms with van der Waals surface area (Å²) in [5, 5.41) is 8.87. The van der Waals surface area contributed by atoms with Gasteiger partial charge in [-0.15, -0.1) is 0 Å². The van der Waals surface area contributed by atoms with E-state index in [-0.39, 0.29) is 22.5 Å². The Balaban J connectivity index is 3.15. The molecule has 5 nitrogen and oxygen atoms in total. The van der Waals surface area contributed by atoms with Gasteiger partial charge >= 0.3 is 5.97 Å². The highest BCUT2D eigenvalue weighted by molar-refractivity contribution is 9.10. The topological polar surface area (TPSA) is 74.7 Å². The normalized spacial score (nSPS) is 13.4. The molecule has 1 aromatic carbocycles. The van der Waals surface area contributed by atoms with E-state index in [2.05, 4.69) is 15.9 Å². The van der Waals surface area contributed by atoms with Crippen LogP contribution in [0.1, 0.15) is 13.8 Å². The molecular formula is C12H15BrFNO4S. The molecule has 1 unspecified atom stereocenters. The summed E-state index contributed by atoms with van der Waals surface area (Å²) < 4.78 is 39.1. The minimum atomic E-state index is -3.87. The molecule has 0 aliphatic heterocycles. The number of carboxylic acids is 1. The molecular weight excluding hydrogens is 353 g/mol. The van der Waals surface area contributed by atoms with Crippen molar-refractivity contribution in [2.45, 2.75) is 18.7 Å². The Bertz CT molecular complexity index is 605. The summed E-state index contributed by atoms with van der Waals surface area (Å²) in [4.78, 5) is 10.8. The smallest absolute Gasteiger partial charge is 0.307 e. The molecule has 0 fully saturated rings. The Morgan fingerprint density at radius 2 is 2.10 bits per heavy atom. The fraction of sp³-hybridized carbons (Fsp3) is 0.417. The molecule has 0 saturated carbocycles. The first-order chi connectivity index (χ1) is 9.20. The van der Waals surface area contributed by atoms with Crippen LogP contribution < -0.4 is 0 Å².